The van der Waals surface area contributed by atoms with Gasteiger partial charge in [0.2, 0.25) is 0 Å². The molecule has 0 bridgehead atoms. The van der Waals surface area contributed by atoms with Crippen molar-refractivity contribution >= 4 is 6.03 Å². The number of hydrogen-bond acceptors (Lipinski definition) is 3. The number of carbonyl (C=O) groups is 1. The predicted molar refractivity (Wildman–Crippen MR) is 82.2 cm³/mol. The maximum Gasteiger partial charge on any atom is 0.433 e. The minimum Gasteiger partial charge on any atom is -0.377 e. The number of urea groups is 1. The van der Waals surface area contributed by atoms with Crippen molar-refractivity contribution in [2.45, 2.75) is 39.0 Å². The van der Waals surface area contributed by atoms with Crippen molar-refractivity contribution in [3.8, 4) is 0 Å². The molecular weight excluding hydrogens is 323 g/mol. The molecule has 1 fully saturated rings. The molecule has 1 aromatic heterocycles. The molecule has 1 aliphatic rings. The number of nitrogens with zero attached hydrogens (tertiary/aromatic N) is 2. The lowest BCUT2D eigenvalue weighted by Gasteiger charge is -2.36. The number of ether oxygens (including phenoxy) is 1. The predicted octanol–water partition coefficient (Wildman–Crippen LogP) is 3.06. The van der Waals surface area contributed by atoms with Crippen LogP contribution in [0.2, 0.25) is 0 Å². The molecule has 1 saturated heterocycles. The maximum absolute atomic E-state index is 12.7. The van der Waals surface area contributed by atoms with Crippen LogP contribution in [-0.4, -0.2) is 41.7 Å². The summed E-state index contributed by atoms with van der Waals surface area (Å²) in [5.41, 5.74) is -0.787. The van der Waals surface area contributed by atoms with E-state index in [9.17, 15) is 18.0 Å². The van der Waals surface area contributed by atoms with Gasteiger partial charge in [0.1, 0.15) is 5.69 Å². The first-order valence-corrected chi connectivity index (χ1v) is 7.92. The zero-order valence-electron chi connectivity index (χ0n) is 13.8. The Bertz CT molecular complexity index is 564. The van der Waals surface area contributed by atoms with Gasteiger partial charge in [-0.05, 0) is 24.5 Å². The second-order valence-corrected chi connectivity index (χ2v) is 6.22. The lowest BCUT2D eigenvalue weighted by molar-refractivity contribution is -0.141. The van der Waals surface area contributed by atoms with E-state index < -0.39 is 11.9 Å². The highest BCUT2D eigenvalue weighted by Gasteiger charge is 2.32. The molecule has 2 rings (SSSR count). The first-order chi connectivity index (χ1) is 11.3. The Labute approximate surface area is 139 Å². The van der Waals surface area contributed by atoms with E-state index in [0.29, 0.717) is 25.7 Å². The molecule has 1 aliphatic heterocycles. The number of halogens is 3. The van der Waals surface area contributed by atoms with E-state index in [0.717, 1.165) is 12.5 Å². The van der Waals surface area contributed by atoms with Gasteiger partial charge in [-0.15, -0.1) is 0 Å². The number of pyridine rings is 1. The molecule has 1 aromatic rings. The number of amides is 2. The Kier molecular flexibility index (Phi) is 6.04. The lowest BCUT2D eigenvalue weighted by atomic mass is 10.0. The fraction of sp³-hybridized carbons (Fsp3) is 0.625. The number of hydrogen-bond donors (Lipinski definition) is 1. The van der Waals surface area contributed by atoms with Crippen LogP contribution < -0.4 is 5.32 Å². The third kappa shape index (κ3) is 5.09. The monoisotopic (exact) mass is 345 g/mol. The quantitative estimate of drug-likeness (QED) is 0.912. The minimum atomic E-state index is -4.49. The average molecular weight is 345 g/mol. The molecule has 0 spiro atoms. The Morgan fingerprint density at radius 1 is 1.46 bits per heavy atom. The van der Waals surface area contributed by atoms with Crippen LogP contribution in [0.1, 0.15) is 31.7 Å². The third-order valence-electron chi connectivity index (χ3n) is 3.75. The first kappa shape index (κ1) is 18.5. The summed E-state index contributed by atoms with van der Waals surface area (Å²) in [4.78, 5) is 17.6. The van der Waals surface area contributed by atoms with Gasteiger partial charge in [0.05, 0.1) is 31.5 Å². The fourth-order valence-corrected chi connectivity index (χ4v) is 2.67. The van der Waals surface area contributed by atoms with E-state index in [-0.39, 0.29) is 24.3 Å². The Hall–Kier alpha value is -1.83. The summed E-state index contributed by atoms with van der Waals surface area (Å²) >= 11 is 0. The van der Waals surface area contributed by atoms with Gasteiger partial charge in [-0.3, -0.25) is 0 Å². The number of aromatic nitrogens is 1. The molecule has 0 saturated carbocycles. The molecule has 5 nitrogen and oxygen atoms in total. The van der Waals surface area contributed by atoms with E-state index in [1.807, 2.05) is 0 Å². The van der Waals surface area contributed by atoms with Gasteiger partial charge in [0.15, 0.2) is 0 Å². The van der Waals surface area contributed by atoms with Gasteiger partial charge in [0.25, 0.3) is 0 Å². The van der Waals surface area contributed by atoms with E-state index >= 15 is 0 Å². The molecule has 1 N–H and O–H groups in total. The first-order valence-electron chi connectivity index (χ1n) is 7.92. The van der Waals surface area contributed by atoms with Crippen LogP contribution in [-0.2, 0) is 17.5 Å². The Morgan fingerprint density at radius 3 is 2.88 bits per heavy atom. The van der Waals surface area contributed by atoms with Gasteiger partial charge in [-0.25, -0.2) is 9.78 Å². The standard InChI is InChI=1S/C16H22F3N3O2/c1-11(2)8-13-10-24-7-6-22(13)15(23)20-9-12-4-3-5-14(21-12)16(17,18)19/h3-5,11,13H,6-10H2,1-2H3,(H,20,23)/t13-/m0/s1. The summed E-state index contributed by atoms with van der Waals surface area (Å²) in [6, 6.07) is 3.33. The summed E-state index contributed by atoms with van der Waals surface area (Å²) in [5, 5.41) is 2.65. The van der Waals surface area contributed by atoms with Crippen molar-refractivity contribution in [1.82, 2.24) is 15.2 Å². The summed E-state index contributed by atoms with van der Waals surface area (Å²) < 4.78 is 43.4. The van der Waals surface area contributed by atoms with Gasteiger partial charge in [0, 0.05) is 6.54 Å². The van der Waals surface area contributed by atoms with Gasteiger partial charge >= 0.3 is 12.2 Å². The number of rotatable bonds is 4. The number of nitrogens with one attached hydrogen (secondary N) is 1. The molecule has 2 amide bonds. The van der Waals surface area contributed by atoms with E-state index in [2.05, 4.69) is 24.1 Å². The summed E-state index contributed by atoms with van der Waals surface area (Å²) in [6.45, 7) is 5.50. The molecule has 0 radical (unpaired) electrons. The van der Waals surface area contributed by atoms with E-state index in [1.165, 1.54) is 12.1 Å². The van der Waals surface area contributed by atoms with Crippen molar-refractivity contribution < 1.29 is 22.7 Å². The topological polar surface area (TPSA) is 54.5 Å². The van der Waals surface area contributed by atoms with Gasteiger partial charge in [-0.1, -0.05) is 19.9 Å². The highest BCUT2D eigenvalue weighted by molar-refractivity contribution is 5.74. The third-order valence-corrected chi connectivity index (χ3v) is 3.75. The summed E-state index contributed by atoms with van der Waals surface area (Å²) in [7, 11) is 0. The number of morpholine rings is 1. The molecule has 0 aromatic carbocycles. The normalized spacial score (nSPS) is 18.8. The van der Waals surface area contributed by atoms with E-state index in [4.69, 9.17) is 4.74 Å². The lowest BCUT2D eigenvalue weighted by Crippen LogP contribution is -2.52. The second-order valence-electron chi connectivity index (χ2n) is 6.22. The molecule has 8 heteroatoms. The Balaban J connectivity index is 1.96. The smallest absolute Gasteiger partial charge is 0.377 e. The molecule has 2 heterocycles. The number of carbonyl (C=O) groups excluding carboxylic acids is 1. The SMILES string of the molecule is CC(C)C[C@H]1COCCN1C(=O)NCc1cccc(C(F)(F)F)n1. The zero-order chi connectivity index (χ0) is 17.7. The average Bonchev–Trinajstić information content (AvgIpc) is 2.52. The van der Waals surface area contributed by atoms with Crippen molar-refractivity contribution in [2.75, 3.05) is 19.8 Å². The van der Waals surface area contributed by atoms with Crippen LogP contribution >= 0.6 is 0 Å². The van der Waals surface area contributed by atoms with Crippen LogP contribution in [0, 0.1) is 5.92 Å². The van der Waals surface area contributed by atoms with Crippen molar-refractivity contribution in [1.29, 1.82) is 0 Å². The van der Waals surface area contributed by atoms with Gasteiger partial charge in [-0.2, -0.15) is 13.2 Å². The molecule has 0 aliphatic carbocycles. The van der Waals surface area contributed by atoms with Gasteiger partial charge < -0.3 is 15.0 Å². The highest BCUT2D eigenvalue weighted by atomic mass is 19.4. The van der Waals surface area contributed by atoms with E-state index in [1.54, 1.807) is 4.90 Å². The fourth-order valence-electron chi connectivity index (χ4n) is 2.67. The highest BCUT2D eigenvalue weighted by Crippen LogP contribution is 2.27. The number of alkyl halides is 3. The minimum absolute atomic E-state index is 0.0202. The van der Waals surface area contributed by atoms with Crippen LogP contribution in [0.4, 0.5) is 18.0 Å². The largest absolute Gasteiger partial charge is 0.433 e. The molecule has 134 valence electrons. The van der Waals surface area contributed by atoms with Crippen LogP contribution in [0.3, 0.4) is 0 Å². The Morgan fingerprint density at radius 2 is 2.21 bits per heavy atom. The molecule has 1 atom stereocenters. The van der Waals surface area contributed by atoms with Crippen LogP contribution in [0.15, 0.2) is 18.2 Å². The summed E-state index contributed by atoms with van der Waals surface area (Å²) in [6.07, 6.45) is -3.68. The zero-order valence-corrected chi connectivity index (χ0v) is 13.8. The second kappa shape index (κ2) is 7.83. The van der Waals surface area contributed by atoms with Crippen molar-refractivity contribution in [3.63, 3.8) is 0 Å². The molecular formula is C16H22F3N3O2. The molecule has 24 heavy (non-hydrogen) atoms. The van der Waals surface area contributed by atoms with Crippen molar-refractivity contribution in [3.05, 3.63) is 29.6 Å². The maximum atomic E-state index is 12.7. The molecule has 0 unspecified atom stereocenters. The van der Waals surface area contributed by atoms with Crippen molar-refractivity contribution in [2.24, 2.45) is 5.92 Å². The van der Waals surface area contributed by atoms with Crippen LogP contribution in [0.5, 0.6) is 0 Å². The summed E-state index contributed by atoms with van der Waals surface area (Å²) in [5.74, 6) is 0.414. The van der Waals surface area contributed by atoms with Crippen LogP contribution in [0.25, 0.3) is 0 Å².